The van der Waals surface area contributed by atoms with E-state index in [1.165, 1.54) is 37.4 Å². The maximum atomic E-state index is 13.5. The van der Waals surface area contributed by atoms with Crippen LogP contribution in [0.2, 0.25) is 0 Å². The van der Waals surface area contributed by atoms with Gasteiger partial charge in [-0.2, -0.15) is 0 Å². The monoisotopic (exact) mass is 549 g/mol. The highest BCUT2D eigenvalue weighted by molar-refractivity contribution is 7.92. The lowest BCUT2D eigenvalue weighted by Gasteiger charge is -2.25. The Kier molecular flexibility index (Phi) is 7.74. The van der Waals surface area contributed by atoms with Crippen LogP contribution in [0.5, 0.6) is 0 Å². The van der Waals surface area contributed by atoms with Crippen molar-refractivity contribution in [2.75, 3.05) is 37.4 Å². The number of carbonyl (C=O) groups is 2. The van der Waals surface area contributed by atoms with Gasteiger partial charge >= 0.3 is 5.97 Å². The van der Waals surface area contributed by atoms with Gasteiger partial charge in [0, 0.05) is 29.6 Å². The first-order valence-corrected chi connectivity index (χ1v) is 13.5. The summed E-state index contributed by atoms with van der Waals surface area (Å²) in [6.07, 6.45) is -0.511. The molecule has 2 heterocycles. The van der Waals surface area contributed by atoms with Crippen LogP contribution in [-0.4, -0.2) is 70.6 Å². The molecule has 0 bridgehead atoms. The van der Waals surface area contributed by atoms with E-state index in [0.717, 1.165) is 10.6 Å². The molecule has 38 heavy (non-hydrogen) atoms. The maximum absolute atomic E-state index is 13.5. The number of benzene rings is 2. The van der Waals surface area contributed by atoms with Gasteiger partial charge in [0.15, 0.2) is 0 Å². The number of hydrogen-bond donors (Lipinski definition) is 3. The molecule has 0 saturated heterocycles. The topological polar surface area (TPSA) is 161 Å². The van der Waals surface area contributed by atoms with Gasteiger partial charge in [-0.15, -0.1) is 0 Å². The zero-order valence-electron chi connectivity index (χ0n) is 20.9. The number of esters is 1. The molecule has 0 radical (unpaired) electrons. The molecule has 1 amide bonds. The molecule has 0 spiro atoms. The van der Waals surface area contributed by atoms with Crippen LogP contribution in [0.25, 0.3) is 22.3 Å². The van der Waals surface area contributed by atoms with Crippen LogP contribution in [0.1, 0.15) is 28.9 Å². The smallest absolute Gasteiger partial charge is 0.325 e. The zero-order valence-corrected chi connectivity index (χ0v) is 21.7. The summed E-state index contributed by atoms with van der Waals surface area (Å²) in [5.41, 5.74) is 7.11. The molecule has 13 heteroatoms. The van der Waals surface area contributed by atoms with Gasteiger partial charge in [0.25, 0.3) is 5.91 Å². The highest BCUT2D eigenvalue weighted by Crippen LogP contribution is 2.42. The zero-order chi connectivity index (χ0) is 27.8. The molecule has 2 aromatic carbocycles. The average Bonchev–Trinajstić information content (AvgIpc) is 3.19. The quantitative estimate of drug-likeness (QED) is 0.372. The number of furan rings is 1. The largest absolute Gasteiger partial charge is 0.462 e. The number of amides is 1. The molecule has 1 aromatic heterocycles. The van der Waals surface area contributed by atoms with Crippen molar-refractivity contribution in [2.24, 2.45) is 5.73 Å². The Balaban J connectivity index is 1.83. The number of aliphatic hydroxyl groups excluding tert-OH is 1. The van der Waals surface area contributed by atoms with Gasteiger partial charge in [0.2, 0.25) is 10.0 Å². The minimum atomic E-state index is -3.84. The number of carbonyl (C=O) groups excluding carboxylic acids is 2. The second kappa shape index (κ2) is 10.7. The van der Waals surface area contributed by atoms with Crippen molar-refractivity contribution in [2.45, 2.75) is 25.2 Å². The number of nitrogens with two attached hydrogens (primary N) is 1. The SMILES string of the molecule is CNC(=O)c1c(-c2ccc(F)cc2)oc2cc3c(cc12)[C@H](C)O[C@H](COC(=O)[C@@H](N)CO)CN3S(C)(=O)=O. The highest BCUT2D eigenvalue weighted by Gasteiger charge is 2.34. The van der Waals surface area contributed by atoms with E-state index >= 15 is 0 Å². The Morgan fingerprint density at radius 1 is 1.29 bits per heavy atom. The number of rotatable bonds is 7. The van der Waals surface area contributed by atoms with Crippen LogP contribution >= 0.6 is 0 Å². The summed E-state index contributed by atoms with van der Waals surface area (Å²) in [4.78, 5) is 24.8. The molecule has 0 aliphatic carbocycles. The first-order chi connectivity index (χ1) is 17.9. The minimum absolute atomic E-state index is 0.183. The molecule has 0 fully saturated rings. The fourth-order valence-corrected chi connectivity index (χ4v) is 5.25. The predicted molar refractivity (Wildman–Crippen MR) is 136 cm³/mol. The van der Waals surface area contributed by atoms with E-state index in [-0.39, 0.29) is 35.7 Å². The van der Waals surface area contributed by atoms with E-state index in [2.05, 4.69) is 5.32 Å². The van der Waals surface area contributed by atoms with Crippen molar-refractivity contribution in [3.05, 3.63) is 53.3 Å². The van der Waals surface area contributed by atoms with Crippen molar-refractivity contribution in [1.82, 2.24) is 5.32 Å². The summed E-state index contributed by atoms with van der Waals surface area (Å²) in [6.45, 7) is 0.613. The number of sulfonamides is 1. The third-order valence-electron chi connectivity index (χ3n) is 6.18. The van der Waals surface area contributed by atoms with Crippen LogP contribution in [-0.2, 0) is 24.3 Å². The number of aliphatic hydroxyl groups is 1. The van der Waals surface area contributed by atoms with Gasteiger partial charge in [0.1, 0.15) is 35.9 Å². The lowest BCUT2D eigenvalue weighted by molar-refractivity contribution is -0.151. The molecule has 4 rings (SSSR count). The normalized spacial score (nSPS) is 18.5. The van der Waals surface area contributed by atoms with E-state index in [4.69, 9.17) is 24.7 Å². The van der Waals surface area contributed by atoms with Crippen LogP contribution in [0.4, 0.5) is 10.1 Å². The summed E-state index contributed by atoms with van der Waals surface area (Å²) in [6, 6.07) is 7.36. The average molecular weight is 550 g/mol. The molecule has 0 unspecified atom stereocenters. The van der Waals surface area contributed by atoms with Gasteiger partial charge in [-0.05, 0) is 37.3 Å². The van der Waals surface area contributed by atoms with E-state index in [1.54, 1.807) is 13.0 Å². The predicted octanol–water partition coefficient (Wildman–Crippen LogP) is 1.69. The van der Waals surface area contributed by atoms with Crippen LogP contribution in [0.3, 0.4) is 0 Å². The second-order valence-electron chi connectivity index (χ2n) is 8.91. The molecule has 11 nitrogen and oxygen atoms in total. The Labute approximate surface area is 218 Å². The van der Waals surface area contributed by atoms with Crippen molar-refractivity contribution < 1.29 is 41.4 Å². The fourth-order valence-electron chi connectivity index (χ4n) is 4.30. The standard InChI is InChI=1S/C25H28FN3O8S/c1-13-17-8-18-21(37-23(22(18)24(31)28-2)14-4-6-15(26)7-5-14)9-20(17)29(38(3,33)34)10-16(36-13)12-35-25(32)19(27)11-30/h4-9,13,16,19,30H,10-12,27H2,1-3H3,(H,28,31)/t13-,16-,19-/m0/s1. The lowest BCUT2D eigenvalue weighted by Crippen LogP contribution is -2.41. The molecule has 3 atom stereocenters. The van der Waals surface area contributed by atoms with Gasteiger partial charge in [0.05, 0.1) is 36.8 Å². The van der Waals surface area contributed by atoms with E-state index in [1.807, 2.05) is 0 Å². The van der Waals surface area contributed by atoms with Gasteiger partial charge in [-0.1, -0.05) is 0 Å². The number of nitrogens with zero attached hydrogens (tertiary/aromatic N) is 1. The minimum Gasteiger partial charge on any atom is -0.462 e. The first-order valence-electron chi connectivity index (χ1n) is 11.7. The molecule has 1 aliphatic rings. The first kappa shape index (κ1) is 27.5. The maximum Gasteiger partial charge on any atom is 0.325 e. The van der Waals surface area contributed by atoms with Crippen LogP contribution in [0, 0.1) is 5.82 Å². The summed E-state index contributed by atoms with van der Waals surface area (Å²) >= 11 is 0. The molecule has 3 aromatic rings. The number of fused-ring (bicyclic) bond motifs is 2. The van der Waals surface area contributed by atoms with Crippen LogP contribution < -0.4 is 15.4 Å². The van der Waals surface area contributed by atoms with E-state index in [0.29, 0.717) is 16.5 Å². The lowest BCUT2D eigenvalue weighted by atomic mass is 10.0. The summed E-state index contributed by atoms with van der Waals surface area (Å²) < 4.78 is 57.6. The second-order valence-corrected chi connectivity index (χ2v) is 10.8. The Bertz CT molecular complexity index is 1470. The summed E-state index contributed by atoms with van der Waals surface area (Å²) in [5, 5.41) is 12.0. The number of hydrogen-bond acceptors (Lipinski definition) is 9. The number of halogens is 1. The molecule has 1 aliphatic heterocycles. The molecule has 0 saturated carbocycles. The number of ether oxygens (including phenoxy) is 2. The molecular formula is C25H28FN3O8S. The van der Waals surface area contributed by atoms with Crippen molar-refractivity contribution in [1.29, 1.82) is 0 Å². The third-order valence-corrected chi connectivity index (χ3v) is 7.33. The van der Waals surface area contributed by atoms with Crippen molar-refractivity contribution >= 4 is 38.6 Å². The highest BCUT2D eigenvalue weighted by atomic mass is 32.2. The van der Waals surface area contributed by atoms with Gasteiger partial charge < -0.3 is 30.0 Å². The molecular weight excluding hydrogens is 521 g/mol. The van der Waals surface area contributed by atoms with Gasteiger partial charge in [-0.25, -0.2) is 12.8 Å². The third kappa shape index (κ3) is 5.36. The fraction of sp³-hybridized carbons (Fsp3) is 0.360. The number of nitrogens with one attached hydrogen (secondary N) is 1. The van der Waals surface area contributed by atoms with Crippen LogP contribution in [0.15, 0.2) is 40.8 Å². The van der Waals surface area contributed by atoms with Crippen molar-refractivity contribution in [3.8, 4) is 11.3 Å². The van der Waals surface area contributed by atoms with E-state index < -0.39 is 52.6 Å². The Hall–Kier alpha value is -3.52. The van der Waals surface area contributed by atoms with Gasteiger partial charge in [-0.3, -0.25) is 13.9 Å². The summed E-state index contributed by atoms with van der Waals surface area (Å²) in [7, 11) is -2.38. The van der Waals surface area contributed by atoms with E-state index in [9.17, 15) is 22.4 Å². The number of anilines is 1. The van der Waals surface area contributed by atoms with Crippen molar-refractivity contribution in [3.63, 3.8) is 0 Å². The summed E-state index contributed by atoms with van der Waals surface area (Å²) in [5.74, 6) is -1.55. The molecule has 204 valence electrons. The Morgan fingerprint density at radius 2 is 1.97 bits per heavy atom. The molecule has 4 N–H and O–H groups in total. The Morgan fingerprint density at radius 3 is 2.58 bits per heavy atom.